The topological polar surface area (TPSA) is 76.5 Å². The molecule has 1 atom stereocenters. The number of ether oxygens (including phenoxy) is 1. The first-order chi connectivity index (χ1) is 13.5. The largest absolute Gasteiger partial charge is 0.379 e. The van der Waals surface area contributed by atoms with Gasteiger partial charge in [-0.25, -0.2) is 4.98 Å². The first kappa shape index (κ1) is 20.5. The van der Waals surface area contributed by atoms with Crippen LogP contribution in [-0.4, -0.2) is 59.2 Å². The third kappa shape index (κ3) is 4.97. The molecule has 28 heavy (non-hydrogen) atoms. The van der Waals surface area contributed by atoms with Crippen LogP contribution >= 0.6 is 0 Å². The number of carbonyl (C=O) groups excluding carboxylic acids is 1. The Hall–Kier alpha value is -2.25. The van der Waals surface area contributed by atoms with Crippen LogP contribution in [0, 0.1) is 12.8 Å². The number of rotatable bonds is 7. The van der Waals surface area contributed by atoms with Gasteiger partial charge in [0.1, 0.15) is 6.54 Å². The molecule has 0 aliphatic carbocycles. The van der Waals surface area contributed by atoms with E-state index < -0.39 is 0 Å². The number of aromatic nitrogens is 2. The smallest absolute Gasteiger partial charge is 0.261 e. The van der Waals surface area contributed by atoms with E-state index in [2.05, 4.69) is 29.0 Å². The zero-order valence-electron chi connectivity index (χ0n) is 17.0. The van der Waals surface area contributed by atoms with Crippen LogP contribution in [0.25, 0.3) is 10.9 Å². The van der Waals surface area contributed by atoms with Crippen molar-refractivity contribution in [1.82, 2.24) is 19.8 Å². The second kappa shape index (κ2) is 9.30. The highest BCUT2D eigenvalue weighted by Crippen LogP contribution is 2.13. The summed E-state index contributed by atoms with van der Waals surface area (Å²) in [6, 6.07) is 5.79. The lowest BCUT2D eigenvalue weighted by atomic mass is 10.0. The van der Waals surface area contributed by atoms with Crippen LogP contribution in [0.1, 0.15) is 25.8 Å². The molecule has 0 bridgehead atoms. The van der Waals surface area contributed by atoms with Gasteiger partial charge in [-0.2, -0.15) is 0 Å². The molecule has 1 fully saturated rings. The van der Waals surface area contributed by atoms with Gasteiger partial charge in [-0.3, -0.25) is 19.1 Å². The lowest BCUT2D eigenvalue weighted by Gasteiger charge is -2.35. The van der Waals surface area contributed by atoms with E-state index in [1.807, 2.05) is 19.1 Å². The van der Waals surface area contributed by atoms with E-state index in [1.54, 1.807) is 6.07 Å². The molecule has 1 amide bonds. The van der Waals surface area contributed by atoms with Gasteiger partial charge in [0.25, 0.3) is 5.56 Å². The van der Waals surface area contributed by atoms with Crippen LogP contribution in [0.5, 0.6) is 0 Å². The summed E-state index contributed by atoms with van der Waals surface area (Å²) < 4.78 is 6.82. The van der Waals surface area contributed by atoms with Crippen LogP contribution in [0.15, 0.2) is 29.3 Å². The minimum Gasteiger partial charge on any atom is -0.379 e. The Balaban J connectivity index is 1.65. The lowest BCUT2D eigenvalue weighted by molar-refractivity contribution is -0.122. The molecule has 152 valence electrons. The zero-order valence-corrected chi connectivity index (χ0v) is 17.0. The molecular weight excluding hydrogens is 356 g/mol. The zero-order chi connectivity index (χ0) is 20.1. The summed E-state index contributed by atoms with van der Waals surface area (Å²) in [5.74, 6) is 0.373. The molecule has 7 nitrogen and oxygen atoms in total. The third-order valence-electron chi connectivity index (χ3n) is 5.21. The number of para-hydroxylation sites is 1. The van der Waals surface area contributed by atoms with Crippen molar-refractivity contribution in [1.29, 1.82) is 0 Å². The number of nitrogens with one attached hydrogen (secondary N) is 1. The minimum atomic E-state index is -0.184. The molecule has 2 aromatic rings. The normalized spacial score (nSPS) is 16.4. The molecule has 2 heterocycles. The van der Waals surface area contributed by atoms with Crippen molar-refractivity contribution in [3.8, 4) is 0 Å². The van der Waals surface area contributed by atoms with E-state index in [-0.39, 0.29) is 24.1 Å². The van der Waals surface area contributed by atoms with Crippen molar-refractivity contribution >= 4 is 16.8 Å². The van der Waals surface area contributed by atoms with E-state index in [1.165, 1.54) is 10.9 Å². The van der Waals surface area contributed by atoms with Gasteiger partial charge in [-0.1, -0.05) is 26.0 Å². The number of carbonyl (C=O) groups is 1. The first-order valence-electron chi connectivity index (χ1n) is 9.99. The molecule has 3 rings (SSSR count). The monoisotopic (exact) mass is 386 g/mol. The summed E-state index contributed by atoms with van der Waals surface area (Å²) >= 11 is 0. The minimum absolute atomic E-state index is 0.0206. The predicted molar refractivity (Wildman–Crippen MR) is 109 cm³/mol. The van der Waals surface area contributed by atoms with Crippen LogP contribution < -0.4 is 10.9 Å². The van der Waals surface area contributed by atoms with Gasteiger partial charge >= 0.3 is 0 Å². The molecule has 1 aromatic carbocycles. The third-order valence-corrected chi connectivity index (χ3v) is 5.21. The summed E-state index contributed by atoms with van der Waals surface area (Å²) in [4.78, 5) is 31.9. The van der Waals surface area contributed by atoms with Gasteiger partial charge in [0.05, 0.1) is 30.4 Å². The molecule has 1 saturated heterocycles. The Morgan fingerprint density at radius 1 is 1.29 bits per heavy atom. The van der Waals surface area contributed by atoms with Crippen molar-refractivity contribution in [2.45, 2.75) is 39.8 Å². The highest BCUT2D eigenvalue weighted by atomic mass is 16.5. The number of amides is 1. The summed E-state index contributed by atoms with van der Waals surface area (Å²) in [5.41, 5.74) is 1.46. The molecule has 1 N–H and O–H groups in total. The Morgan fingerprint density at radius 2 is 2.04 bits per heavy atom. The number of morpholine rings is 1. The second-order valence-electron chi connectivity index (χ2n) is 7.88. The number of hydrogen-bond donors (Lipinski definition) is 1. The summed E-state index contributed by atoms with van der Waals surface area (Å²) in [6.45, 7) is 10.1. The molecule has 7 heteroatoms. The molecule has 0 radical (unpaired) electrons. The van der Waals surface area contributed by atoms with E-state index in [0.29, 0.717) is 23.4 Å². The lowest BCUT2D eigenvalue weighted by Crippen LogP contribution is -2.49. The standard InChI is InChI=1S/C21H30N4O3/c1-15(2)11-17(24-7-9-28-10-8-24)12-22-19(26)13-25-14-23-20-16(3)5-4-6-18(20)21(25)27/h4-6,14-15,17H,7-13H2,1-3H3,(H,22,26). The molecule has 0 spiro atoms. The Labute approximate surface area is 165 Å². The number of benzene rings is 1. The van der Waals surface area contributed by atoms with Gasteiger partial charge in [-0.15, -0.1) is 0 Å². The molecule has 1 aliphatic rings. The molecule has 1 aromatic heterocycles. The first-order valence-corrected chi connectivity index (χ1v) is 9.99. The molecule has 1 aliphatic heterocycles. The van der Waals surface area contributed by atoms with Crippen molar-refractivity contribution in [3.05, 3.63) is 40.4 Å². The van der Waals surface area contributed by atoms with Crippen molar-refractivity contribution < 1.29 is 9.53 Å². The van der Waals surface area contributed by atoms with E-state index in [0.717, 1.165) is 38.3 Å². The Kier molecular flexibility index (Phi) is 6.80. The fourth-order valence-electron chi connectivity index (χ4n) is 3.74. The second-order valence-corrected chi connectivity index (χ2v) is 7.88. The number of nitrogens with zero attached hydrogens (tertiary/aromatic N) is 3. The van der Waals surface area contributed by atoms with Crippen molar-refractivity contribution in [3.63, 3.8) is 0 Å². The quantitative estimate of drug-likeness (QED) is 0.782. The maximum absolute atomic E-state index is 12.7. The molecule has 1 unspecified atom stereocenters. The van der Waals surface area contributed by atoms with Gasteiger partial charge in [0, 0.05) is 25.7 Å². The van der Waals surface area contributed by atoms with Crippen LogP contribution in [-0.2, 0) is 16.1 Å². The molecule has 0 saturated carbocycles. The number of aryl methyl sites for hydroxylation is 1. The Bertz CT molecular complexity index is 872. The highest BCUT2D eigenvalue weighted by Gasteiger charge is 2.22. The van der Waals surface area contributed by atoms with E-state index in [9.17, 15) is 9.59 Å². The summed E-state index contributed by atoms with van der Waals surface area (Å²) in [6.07, 6.45) is 2.47. The van der Waals surface area contributed by atoms with E-state index in [4.69, 9.17) is 4.74 Å². The van der Waals surface area contributed by atoms with Crippen LogP contribution in [0.4, 0.5) is 0 Å². The average molecular weight is 386 g/mol. The van der Waals surface area contributed by atoms with Gasteiger partial charge in [-0.05, 0) is 30.9 Å². The number of hydrogen-bond acceptors (Lipinski definition) is 5. The summed E-state index contributed by atoms with van der Waals surface area (Å²) in [7, 11) is 0. The van der Waals surface area contributed by atoms with Crippen molar-refractivity contribution in [2.75, 3.05) is 32.8 Å². The van der Waals surface area contributed by atoms with Gasteiger partial charge < -0.3 is 10.1 Å². The number of fused-ring (bicyclic) bond motifs is 1. The Morgan fingerprint density at radius 3 is 2.75 bits per heavy atom. The van der Waals surface area contributed by atoms with Gasteiger partial charge in [0.2, 0.25) is 5.91 Å². The molecular formula is C21H30N4O3. The van der Waals surface area contributed by atoms with Crippen molar-refractivity contribution in [2.24, 2.45) is 5.92 Å². The average Bonchev–Trinajstić information content (AvgIpc) is 2.68. The van der Waals surface area contributed by atoms with E-state index >= 15 is 0 Å². The van der Waals surface area contributed by atoms with Crippen LogP contribution in [0.2, 0.25) is 0 Å². The SMILES string of the molecule is Cc1cccc2c(=O)n(CC(=O)NCC(CC(C)C)N3CCOCC3)cnc12. The highest BCUT2D eigenvalue weighted by molar-refractivity contribution is 5.81. The summed E-state index contributed by atoms with van der Waals surface area (Å²) in [5, 5.41) is 3.55. The maximum Gasteiger partial charge on any atom is 0.261 e. The maximum atomic E-state index is 12.7. The fourth-order valence-corrected chi connectivity index (χ4v) is 3.74. The van der Waals surface area contributed by atoms with Gasteiger partial charge in [0.15, 0.2) is 0 Å². The van der Waals surface area contributed by atoms with Crippen LogP contribution in [0.3, 0.4) is 0 Å². The fraction of sp³-hybridized carbons (Fsp3) is 0.571. The predicted octanol–water partition coefficient (Wildman–Crippen LogP) is 1.57.